The summed E-state index contributed by atoms with van der Waals surface area (Å²) in [4.78, 5) is 27.6. The van der Waals surface area contributed by atoms with Gasteiger partial charge in [-0.05, 0) is 54.0 Å². The quantitative estimate of drug-likeness (QED) is 0.419. The molecule has 166 valence electrons. The van der Waals surface area contributed by atoms with E-state index in [4.69, 9.17) is 4.74 Å². The number of allylic oxidation sites excluding steroid dienone is 3. The molecule has 4 nitrogen and oxygen atoms in total. The van der Waals surface area contributed by atoms with Crippen molar-refractivity contribution < 1.29 is 14.3 Å². The molecule has 0 aromatic heterocycles. The number of Topliss-reactive ketones (excluding diaryl/α,β-unsaturated/α-hetero) is 1. The summed E-state index contributed by atoms with van der Waals surface area (Å²) in [5, 5.41) is 0. The van der Waals surface area contributed by atoms with Crippen molar-refractivity contribution in [2.24, 2.45) is 5.41 Å². The number of ether oxygens (including phenoxy) is 1. The summed E-state index contributed by atoms with van der Waals surface area (Å²) in [7, 11) is 1.40. The van der Waals surface area contributed by atoms with E-state index in [0.29, 0.717) is 12.0 Å². The predicted octanol–water partition coefficient (Wildman–Crippen LogP) is 5.97. The van der Waals surface area contributed by atoms with Crippen molar-refractivity contribution in [3.05, 3.63) is 82.6 Å². The van der Waals surface area contributed by atoms with Crippen molar-refractivity contribution in [1.29, 1.82) is 0 Å². The number of carbonyl (C=O) groups is 2. The van der Waals surface area contributed by atoms with Gasteiger partial charge in [0.25, 0.3) is 0 Å². The Morgan fingerprint density at radius 3 is 2.34 bits per heavy atom. The lowest BCUT2D eigenvalue weighted by molar-refractivity contribution is -0.116. The summed E-state index contributed by atoms with van der Waals surface area (Å²) >= 11 is 0. The monoisotopic (exact) mass is 429 g/mol. The van der Waals surface area contributed by atoms with Gasteiger partial charge in [0.15, 0.2) is 5.78 Å². The molecule has 0 amide bonds. The van der Waals surface area contributed by atoms with Crippen LogP contribution in [0.2, 0.25) is 0 Å². The van der Waals surface area contributed by atoms with E-state index >= 15 is 0 Å². The van der Waals surface area contributed by atoms with Gasteiger partial charge >= 0.3 is 5.97 Å². The Hall–Kier alpha value is -3.14. The van der Waals surface area contributed by atoms with E-state index in [9.17, 15) is 9.59 Å². The van der Waals surface area contributed by atoms with Crippen LogP contribution in [0, 0.1) is 5.41 Å². The average molecular weight is 430 g/mol. The second-order valence-corrected chi connectivity index (χ2v) is 9.83. The van der Waals surface area contributed by atoms with E-state index in [1.807, 2.05) is 36.4 Å². The van der Waals surface area contributed by atoms with Crippen molar-refractivity contribution in [1.82, 2.24) is 0 Å². The zero-order chi connectivity index (χ0) is 22.9. The summed E-state index contributed by atoms with van der Waals surface area (Å²) in [6, 6.07) is 15.9. The molecule has 1 heterocycles. The van der Waals surface area contributed by atoms with Crippen molar-refractivity contribution in [3.63, 3.8) is 0 Å². The highest BCUT2D eigenvalue weighted by Gasteiger charge is 2.30. The van der Waals surface area contributed by atoms with Gasteiger partial charge in [0.05, 0.1) is 12.7 Å². The maximum Gasteiger partial charge on any atom is 0.337 e. The number of benzene rings is 2. The summed E-state index contributed by atoms with van der Waals surface area (Å²) in [5.41, 5.74) is 6.92. The number of hydrogen-bond donors (Lipinski definition) is 0. The van der Waals surface area contributed by atoms with Crippen LogP contribution < -0.4 is 4.90 Å². The smallest absolute Gasteiger partial charge is 0.337 e. The van der Waals surface area contributed by atoms with Crippen molar-refractivity contribution >= 4 is 23.0 Å². The van der Waals surface area contributed by atoms with Gasteiger partial charge in [-0.15, -0.1) is 0 Å². The minimum absolute atomic E-state index is 0.0654. The van der Waals surface area contributed by atoms with Crippen LogP contribution in [0.1, 0.15) is 61.5 Å². The summed E-state index contributed by atoms with van der Waals surface area (Å²) in [6.07, 6.45) is 5.50. The first-order valence-electron chi connectivity index (χ1n) is 11.3. The molecule has 0 N–H and O–H groups in total. The number of rotatable bonds is 6. The van der Waals surface area contributed by atoms with Crippen molar-refractivity contribution in [3.8, 4) is 0 Å². The lowest BCUT2D eigenvalue weighted by Gasteiger charge is -2.22. The Bertz CT molecular complexity index is 1100. The first-order chi connectivity index (χ1) is 15.3. The van der Waals surface area contributed by atoms with E-state index in [2.05, 4.69) is 44.0 Å². The largest absolute Gasteiger partial charge is 0.465 e. The van der Waals surface area contributed by atoms with Crippen molar-refractivity contribution in [2.45, 2.75) is 46.5 Å². The molecule has 0 radical (unpaired) electrons. The standard InChI is InChI=1S/C28H31NO3/c1-28(2,3)17-25(30)26(20-10-11-20)23(19-8-6-5-7-9-19)18-29-15-14-21-16-22(27(31)32-4)12-13-24(21)29/h5-9,12-13,16,18H,10-11,14-15,17H2,1-4H3/b23-18+. The molecule has 0 saturated heterocycles. The molecule has 4 rings (SSSR count). The van der Waals surface area contributed by atoms with Gasteiger partial charge in [-0.3, -0.25) is 4.79 Å². The number of hydrogen-bond acceptors (Lipinski definition) is 4. The number of fused-ring (bicyclic) bond motifs is 1. The maximum absolute atomic E-state index is 13.5. The summed E-state index contributed by atoms with van der Waals surface area (Å²) in [6.45, 7) is 7.15. The Balaban J connectivity index is 1.76. The van der Waals surface area contributed by atoms with Crippen LogP contribution >= 0.6 is 0 Å². The normalized spacial score (nSPS) is 15.4. The van der Waals surface area contributed by atoms with Gasteiger partial charge in [0.2, 0.25) is 0 Å². The third-order valence-electron chi connectivity index (χ3n) is 5.89. The van der Waals surface area contributed by atoms with Crippen LogP contribution in [0.4, 0.5) is 5.69 Å². The fourth-order valence-corrected chi connectivity index (χ4v) is 4.28. The molecule has 1 aliphatic carbocycles. The van der Waals surface area contributed by atoms with Crippen molar-refractivity contribution in [2.75, 3.05) is 18.6 Å². The van der Waals surface area contributed by atoms with E-state index in [0.717, 1.165) is 53.8 Å². The van der Waals surface area contributed by atoms with Crippen LogP contribution in [0.5, 0.6) is 0 Å². The molecule has 0 unspecified atom stereocenters. The van der Waals surface area contributed by atoms with E-state index in [1.165, 1.54) is 12.7 Å². The molecule has 0 spiro atoms. The molecule has 0 bridgehead atoms. The Morgan fingerprint density at radius 1 is 1.00 bits per heavy atom. The molecule has 2 aliphatic rings. The minimum atomic E-state index is -0.319. The maximum atomic E-state index is 13.5. The van der Waals surface area contributed by atoms with Crippen LogP contribution in [-0.2, 0) is 16.0 Å². The number of esters is 1. The van der Waals surface area contributed by atoms with E-state index < -0.39 is 0 Å². The molecule has 1 fully saturated rings. The van der Waals surface area contributed by atoms with Gasteiger partial charge in [-0.2, -0.15) is 0 Å². The third kappa shape index (κ3) is 4.85. The molecule has 1 aliphatic heterocycles. The zero-order valence-electron chi connectivity index (χ0n) is 19.4. The van der Waals surface area contributed by atoms with Gasteiger partial charge < -0.3 is 9.64 Å². The lowest BCUT2D eigenvalue weighted by atomic mass is 9.84. The topological polar surface area (TPSA) is 46.6 Å². The highest BCUT2D eigenvalue weighted by molar-refractivity contribution is 6.12. The number of anilines is 1. The first-order valence-corrected chi connectivity index (χ1v) is 11.3. The molecule has 2 aromatic carbocycles. The predicted molar refractivity (Wildman–Crippen MR) is 129 cm³/mol. The summed E-state index contributed by atoms with van der Waals surface area (Å²) in [5.74, 6) is -0.0964. The SMILES string of the molecule is COC(=O)c1ccc2c(c1)CCN2/C=C(/C(C(=O)CC(C)(C)C)=C1CC1)c1ccccc1. The van der Waals surface area contributed by atoms with Gasteiger partial charge in [0, 0.05) is 36.0 Å². The second kappa shape index (κ2) is 8.78. The van der Waals surface area contributed by atoms with Crippen LogP contribution in [0.3, 0.4) is 0 Å². The highest BCUT2D eigenvalue weighted by Crippen LogP contribution is 2.41. The first kappa shape index (κ1) is 22.1. The van der Waals surface area contributed by atoms with Crippen LogP contribution in [0.15, 0.2) is 65.9 Å². The third-order valence-corrected chi connectivity index (χ3v) is 5.89. The molecular weight excluding hydrogens is 398 g/mol. The fraction of sp³-hybridized carbons (Fsp3) is 0.357. The van der Waals surface area contributed by atoms with Gasteiger partial charge in [-0.25, -0.2) is 4.79 Å². The number of methoxy groups -OCH3 is 1. The number of ketones is 1. The Labute approximate surface area is 190 Å². The fourth-order valence-electron chi connectivity index (χ4n) is 4.28. The highest BCUT2D eigenvalue weighted by atomic mass is 16.5. The number of carbonyl (C=O) groups excluding carboxylic acids is 2. The molecule has 4 heteroatoms. The molecular formula is C28H31NO3. The second-order valence-electron chi connectivity index (χ2n) is 9.83. The average Bonchev–Trinajstić information content (AvgIpc) is 3.51. The molecule has 32 heavy (non-hydrogen) atoms. The Morgan fingerprint density at radius 2 is 1.72 bits per heavy atom. The molecule has 2 aromatic rings. The van der Waals surface area contributed by atoms with E-state index in [1.54, 1.807) is 0 Å². The number of nitrogens with zero attached hydrogens (tertiary/aromatic N) is 1. The summed E-state index contributed by atoms with van der Waals surface area (Å²) < 4.78 is 4.87. The van der Waals surface area contributed by atoms with Crippen LogP contribution in [0.25, 0.3) is 5.57 Å². The Kier molecular flexibility index (Phi) is 6.05. The molecule has 0 atom stereocenters. The lowest BCUT2D eigenvalue weighted by Crippen LogP contribution is -2.18. The van der Waals surface area contributed by atoms with E-state index in [-0.39, 0.29) is 17.2 Å². The molecule has 1 saturated carbocycles. The van der Waals surface area contributed by atoms with Gasteiger partial charge in [0.1, 0.15) is 0 Å². The van der Waals surface area contributed by atoms with Crippen LogP contribution in [-0.4, -0.2) is 25.4 Å². The minimum Gasteiger partial charge on any atom is -0.465 e. The van der Waals surface area contributed by atoms with Gasteiger partial charge in [-0.1, -0.05) is 56.7 Å². The zero-order valence-corrected chi connectivity index (χ0v) is 19.4.